The summed E-state index contributed by atoms with van der Waals surface area (Å²) in [6.07, 6.45) is 16.9. The van der Waals surface area contributed by atoms with Gasteiger partial charge in [0.1, 0.15) is 0 Å². The number of rotatable bonds is 2. The molecule has 2 aromatic carbocycles. The molecule has 1 aliphatic heterocycles. The van der Waals surface area contributed by atoms with Crippen LogP contribution in [0.25, 0.3) is 17.0 Å². The van der Waals surface area contributed by atoms with E-state index in [1.165, 1.54) is 39.0 Å². The van der Waals surface area contributed by atoms with Crippen LogP contribution >= 0.6 is 0 Å². The Labute approximate surface area is 165 Å². The molecule has 1 aromatic heterocycles. The monoisotopic (exact) mass is 365 g/mol. The standard InChI is InChI=1S/C25H23N3/c1-2-8-18(9-3-1)28-23-13-7-5-10-19(23)21-16-17(14-15-24(21)28)25-20-11-4-6-12-22(20)26-27-25/h1-6,8,10-12,14-16,18,25-27H,7,9,13H2. The number of anilines is 1. The molecule has 3 aromatic rings. The van der Waals surface area contributed by atoms with Crippen molar-refractivity contribution in [3.05, 3.63) is 95.2 Å². The van der Waals surface area contributed by atoms with E-state index < -0.39 is 0 Å². The summed E-state index contributed by atoms with van der Waals surface area (Å²) in [6, 6.07) is 16.1. The normalized spacial score (nSPS) is 22.3. The lowest BCUT2D eigenvalue weighted by Crippen LogP contribution is -2.19. The van der Waals surface area contributed by atoms with Crippen LogP contribution in [0, 0.1) is 0 Å². The second-order valence-corrected chi connectivity index (χ2v) is 7.85. The Morgan fingerprint density at radius 3 is 2.89 bits per heavy atom. The van der Waals surface area contributed by atoms with E-state index in [0.29, 0.717) is 6.04 Å². The summed E-state index contributed by atoms with van der Waals surface area (Å²) in [5, 5.41) is 1.37. The van der Waals surface area contributed by atoms with Crippen LogP contribution in [-0.4, -0.2) is 4.57 Å². The first-order valence-corrected chi connectivity index (χ1v) is 10.2. The van der Waals surface area contributed by atoms with Crippen LogP contribution in [0.3, 0.4) is 0 Å². The number of benzene rings is 2. The molecule has 2 heterocycles. The molecule has 2 aliphatic carbocycles. The van der Waals surface area contributed by atoms with Gasteiger partial charge in [-0.15, -0.1) is 0 Å². The lowest BCUT2D eigenvalue weighted by atomic mass is 9.96. The number of hydrazine groups is 1. The predicted molar refractivity (Wildman–Crippen MR) is 116 cm³/mol. The summed E-state index contributed by atoms with van der Waals surface area (Å²) in [7, 11) is 0. The molecule has 2 N–H and O–H groups in total. The van der Waals surface area contributed by atoms with Gasteiger partial charge in [0.2, 0.25) is 0 Å². The van der Waals surface area contributed by atoms with Gasteiger partial charge in [-0.1, -0.05) is 60.7 Å². The Hall–Kier alpha value is -3.04. The molecule has 0 radical (unpaired) electrons. The molecule has 3 aliphatic rings. The molecule has 3 nitrogen and oxygen atoms in total. The highest BCUT2D eigenvalue weighted by molar-refractivity contribution is 5.93. The zero-order valence-electron chi connectivity index (χ0n) is 15.7. The van der Waals surface area contributed by atoms with Gasteiger partial charge in [-0.25, -0.2) is 5.43 Å². The second kappa shape index (κ2) is 6.25. The van der Waals surface area contributed by atoms with E-state index in [9.17, 15) is 0 Å². The van der Waals surface area contributed by atoms with Crippen molar-refractivity contribution in [2.24, 2.45) is 0 Å². The summed E-state index contributed by atoms with van der Waals surface area (Å²) in [5.41, 5.74) is 14.8. The van der Waals surface area contributed by atoms with Gasteiger partial charge in [0.05, 0.1) is 17.8 Å². The molecule has 0 bridgehead atoms. The molecule has 0 saturated heterocycles. The van der Waals surface area contributed by atoms with Crippen LogP contribution in [-0.2, 0) is 6.42 Å². The van der Waals surface area contributed by atoms with Crippen molar-refractivity contribution >= 4 is 22.7 Å². The van der Waals surface area contributed by atoms with Crippen LogP contribution in [0.5, 0.6) is 0 Å². The highest BCUT2D eigenvalue weighted by Crippen LogP contribution is 2.39. The number of nitrogens with zero attached hydrogens (tertiary/aromatic N) is 1. The largest absolute Gasteiger partial charge is 0.337 e. The first kappa shape index (κ1) is 16.0. The fourth-order valence-electron chi connectivity index (χ4n) is 4.94. The Morgan fingerprint density at radius 2 is 1.96 bits per heavy atom. The maximum atomic E-state index is 3.46. The van der Waals surface area contributed by atoms with Gasteiger partial charge in [0.25, 0.3) is 0 Å². The van der Waals surface area contributed by atoms with Crippen molar-refractivity contribution in [3.63, 3.8) is 0 Å². The van der Waals surface area contributed by atoms with Gasteiger partial charge < -0.3 is 9.99 Å². The lowest BCUT2D eigenvalue weighted by Gasteiger charge is -2.21. The maximum absolute atomic E-state index is 3.46. The molecule has 6 rings (SSSR count). The van der Waals surface area contributed by atoms with Gasteiger partial charge in [-0.2, -0.15) is 0 Å². The van der Waals surface area contributed by atoms with Gasteiger partial charge in [0, 0.05) is 22.2 Å². The molecule has 2 atom stereocenters. The average Bonchev–Trinajstić information content (AvgIpc) is 3.33. The number of para-hydroxylation sites is 1. The summed E-state index contributed by atoms with van der Waals surface area (Å²) in [6.45, 7) is 0. The summed E-state index contributed by atoms with van der Waals surface area (Å²) < 4.78 is 2.58. The highest BCUT2D eigenvalue weighted by Gasteiger charge is 2.26. The van der Waals surface area contributed by atoms with Crippen LogP contribution in [0.1, 0.15) is 47.3 Å². The van der Waals surface area contributed by atoms with E-state index in [0.717, 1.165) is 19.3 Å². The van der Waals surface area contributed by atoms with Crippen LogP contribution in [0.4, 0.5) is 5.69 Å². The first-order chi connectivity index (χ1) is 13.9. The second-order valence-electron chi connectivity index (χ2n) is 7.85. The van der Waals surface area contributed by atoms with Crippen LogP contribution < -0.4 is 10.9 Å². The van der Waals surface area contributed by atoms with Crippen molar-refractivity contribution in [1.29, 1.82) is 0 Å². The smallest absolute Gasteiger partial charge is 0.0780 e. The topological polar surface area (TPSA) is 29.0 Å². The third-order valence-corrected chi connectivity index (χ3v) is 6.25. The number of hydrogen-bond donors (Lipinski definition) is 2. The maximum Gasteiger partial charge on any atom is 0.0780 e. The van der Waals surface area contributed by atoms with Crippen LogP contribution in [0.2, 0.25) is 0 Å². The van der Waals surface area contributed by atoms with Crippen molar-refractivity contribution in [2.45, 2.75) is 31.3 Å². The molecule has 3 heteroatoms. The molecule has 28 heavy (non-hydrogen) atoms. The SMILES string of the molecule is C1=CCC(n2c3c(c4cc(C5NNc6ccccc65)ccc42)C=CCC3)C=C1. The van der Waals surface area contributed by atoms with Gasteiger partial charge in [-0.05, 0) is 48.6 Å². The van der Waals surface area contributed by atoms with Crippen molar-refractivity contribution in [1.82, 2.24) is 9.99 Å². The first-order valence-electron chi connectivity index (χ1n) is 10.2. The molecular formula is C25H23N3. The van der Waals surface area contributed by atoms with E-state index in [-0.39, 0.29) is 6.04 Å². The van der Waals surface area contributed by atoms with Gasteiger partial charge >= 0.3 is 0 Å². The summed E-state index contributed by atoms with van der Waals surface area (Å²) in [5.74, 6) is 0. The zero-order valence-corrected chi connectivity index (χ0v) is 15.7. The molecular weight excluding hydrogens is 342 g/mol. The number of allylic oxidation sites excluding steroid dienone is 5. The Balaban J connectivity index is 1.52. The Bertz CT molecular complexity index is 1160. The van der Waals surface area contributed by atoms with E-state index in [1.54, 1.807) is 0 Å². The van der Waals surface area contributed by atoms with Crippen molar-refractivity contribution in [3.8, 4) is 0 Å². The van der Waals surface area contributed by atoms with Crippen molar-refractivity contribution in [2.75, 3.05) is 5.43 Å². The summed E-state index contributed by atoms with van der Waals surface area (Å²) >= 11 is 0. The Kier molecular flexibility index (Phi) is 3.56. The van der Waals surface area contributed by atoms with Crippen LogP contribution in [0.15, 0.2) is 72.8 Å². The lowest BCUT2D eigenvalue weighted by molar-refractivity contribution is 0.598. The van der Waals surface area contributed by atoms with Gasteiger partial charge in [-0.3, -0.25) is 0 Å². The molecule has 0 amide bonds. The third kappa shape index (κ3) is 2.33. The van der Waals surface area contributed by atoms with E-state index in [2.05, 4.69) is 94.3 Å². The van der Waals surface area contributed by atoms with E-state index >= 15 is 0 Å². The minimum absolute atomic E-state index is 0.185. The quantitative estimate of drug-likeness (QED) is 0.612. The highest BCUT2D eigenvalue weighted by atomic mass is 15.4. The number of nitrogens with one attached hydrogen (secondary N) is 2. The van der Waals surface area contributed by atoms with E-state index in [4.69, 9.17) is 0 Å². The zero-order chi connectivity index (χ0) is 18.5. The average molecular weight is 365 g/mol. The van der Waals surface area contributed by atoms with Crippen molar-refractivity contribution < 1.29 is 0 Å². The van der Waals surface area contributed by atoms with Gasteiger partial charge in [0.15, 0.2) is 0 Å². The Morgan fingerprint density at radius 1 is 1.00 bits per heavy atom. The molecule has 0 fully saturated rings. The molecule has 138 valence electrons. The van der Waals surface area contributed by atoms with E-state index in [1.807, 2.05) is 0 Å². The minimum atomic E-state index is 0.185. The fourth-order valence-corrected chi connectivity index (χ4v) is 4.94. The predicted octanol–water partition coefficient (Wildman–Crippen LogP) is 5.68. The molecule has 2 unspecified atom stereocenters. The molecule has 0 saturated carbocycles. The number of aromatic nitrogens is 1. The third-order valence-electron chi connectivity index (χ3n) is 6.25. The molecule has 0 spiro atoms. The fraction of sp³-hybridized carbons (Fsp3) is 0.200. The summed E-state index contributed by atoms with van der Waals surface area (Å²) in [4.78, 5) is 0. The number of hydrogen-bond acceptors (Lipinski definition) is 2. The minimum Gasteiger partial charge on any atom is -0.337 e. The number of fused-ring (bicyclic) bond motifs is 4.